The number of hydrogen-bond acceptors (Lipinski definition) is 2. The van der Waals surface area contributed by atoms with Crippen molar-refractivity contribution in [3.8, 4) is 0 Å². The fourth-order valence-electron chi connectivity index (χ4n) is 3.28. The first-order chi connectivity index (χ1) is 12.7. The highest BCUT2D eigenvalue weighted by Gasteiger charge is 2.09. The molecule has 2 aromatic carbocycles. The minimum atomic E-state index is 1.17. The first-order valence-electron chi connectivity index (χ1n) is 10.3. The highest BCUT2D eigenvalue weighted by Crippen LogP contribution is 2.42. The normalized spacial score (nSPS) is 11.1. The van der Waals surface area contributed by atoms with Gasteiger partial charge in [0.15, 0.2) is 0 Å². The zero-order valence-corrected chi connectivity index (χ0v) is 18.6. The summed E-state index contributed by atoms with van der Waals surface area (Å²) in [4.78, 5) is 2.93. The summed E-state index contributed by atoms with van der Waals surface area (Å²) in [5.41, 5.74) is 5.96. The molecule has 0 aliphatic heterocycles. The van der Waals surface area contributed by atoms with Gasteiger partial charge in [-0.3, -0.25) is 0 Å². The average molecular weight is 387 g/mol. The maximum atomic E-state index is 2.43. The first-order valence-corrected chi connectivity index (χ1v) is 12.4. The predicted molar refractivity (Wildman–Crippen MR) is 121 cm³/mol. The van der Waals surface area contributed by atoms with E-state index in [0.717, 1.165) is 0 Å². The second-order valence-corrected chi connectivity index (χ2v) is 9.26. The number of aryl methyl sites for hydroxylation is 4. The minimum absolute atomic E-state index is 1.17. The maximum Gasteiger partial charge on any atom is 0.0221 e. The Morgan fingerprint density at radius 3 is 1.27 bits per heavy atom. The largest absolute Gasteiger partial charge is 0.0651 e. The van der Waals surface area contributed by atoms with Crippen molar-refractivity contribution in [2.75, 3.05) is 0 Å². The summed E-state index contributed by atoms with van der Waals surface area (Å²) in [5, 5.41) is 0. The summed E-state index contributed by atoms with van der Waals surface area (Å²) < 4.78 is 0. The molecule has 0 amide bonds. The Morgan fingerprint density at radius 2 is 0.923 bits per heavy atom. The molecule has 0 saturated carbocycles. The van der Waals surface area contributed by atoms with Gasteiger partial charge >= 0.3 is 0 Å². The topological polar surface area (TPSA) is 0 Å². The zero-order valence-electron chi connectivity index (χ0n) is 16.9. The first kappa shape index (κ1) is 21.4. The highest BCUT2D eigenvalue weighted by atomic mass is 33.1. The third-order valence-corrected chi connectivity index (χ3v) is 7.13. The van der Waals surface area contributed by atoms with E-state index in [1.54, 1.807) is 0 Å². The zero-order chi connectivity index (χ0) is 18.8. The molecule has 0 aliphatic carbocycles. The van der Waals surface area contributed by atoms with Crippen LogP contribution in [0.3, 0.4) is 0 Å². The molecule has 0 N–H and O–H groups in total. The van der Waals surface area contributed by atoms with Gasteiger partial charge in [0.05, 0.1) is 0 Å². The van der Waals surface area contributed by atoms with Crippen LogP contribution in [0.25, 0.3) is 0 Å². The van der Waals surface area contributed by atoms with E-state index in [-0.39, 0.29) is 0 Å². The molecule has 0 unspecified atom stereocenters. The molecular weight excluding hydrogens is 352 g/mol. The molecule has 2 heteroatoms. The van der Waals surface area contributed by atoms with Crippen LogP contribution in [0.1, 0.15) is 75.6 Å². The second kappa shape index (κ2) is 11.8. The summed E-state index contributed by atoms with van der Waals surface area (Å²) in [6, 6.07) is 14.2. The van der Waals surface area contributed by atoms with Gasteiger partial charge in [0.1, 0.15) is 0 Å². The van der Waals surface area contributed by atoms with Crippen LogP contribution in [-0.4, -0.2) is 0 Å². The van der Waals surface area contributed by atoms with E-state index >= 15 is 0 Å². The van der Waals surface area contributed by atoms with Gasteiger partial charge in [0, 0.05) is 9.79 Å². The Labute approximate surface area is 169 Å². The molecule has 0 aliphatic rings. The van der Waals surface area contributed by atoms with Crippen LogP contribution in [0.15, 0.2) is 46.2 Å². The summed E-state index contributed by atoms with van der Waals surface area (Å²) in [6.45, 7) is 9.07. The third-order valence-electron chi connectivity index (χ3n) is 4.60. The molecule has 0 nitrogen and oxygen atoms in total. The second-order valence-electron chi connectivity index (χ2n) is 7.05. The SMILES string of the molecule is CCCc1ccc(CCC)c(SSc2cc(CCC)ccc2CCC)c1. The number of hydrogen-bond donors (Lipinski definition) is 0. The summed E-state index contributed by atoms with van der Waals surface area (Å²) in [6.07, 6.45) is 9.54. The lowest BCUT2D eigenvalue weighted by molar-refractivity contribution is 0.882. The molecule has 0 spiro atoms. The Hall–Kier alpha value is -0.860. The average Bonchev–Trinajstić information content (AvgIpc) is 2.64. The molecule has 26 heavy (non-hydrogen) atoms. The van der Waals surface area contributed by atoms with Gasteiger partial charge in [-0.15, -0.1) is 0 Å². The van der Waals surface area contributed by atoms with Crippen LogP contribution >= 0.6 is 21.6 Å². The molecule has 142 valence electrons. The lowest BCUT2D eigenvalue weighted by atomic mass is 10.1. The molecule has 0 aromatic heterocycles. The third kappa shape index (κ3) is 6.39. The maximum absolute atomic E-state index is 2.43. The van der Waals surface area contributed by atoms with Crippen LogP contribution in [0.4, 0.5) is 0 Å². The predicted octanol–water partition coefficient (Wildman–Crippen LogP) is 8.30. The Bertz CT molecular complexity index is 616. The molecule has 2 aromatic rings. The van der Waals surface area contributed by atoms with Crippen molar-refractivity contribution in [3.05, 3.63) is 58.7 Å². The van der Waals surface area contributed by atoms with E-state index in [1.165, 1.54) is 83.4 Å². The number of rotatable bonds is 11. The quantitative estimate of drug-likeness (QED) is 0.356. The highest BCUT2D eigenvalue weighted by molar-refractivity contribution is 8.76. The molecule has 0 saturated heterocycles. The number of benzene rings is 2. The van der Waals surface area contributed by atoms with Crippen molar-refractivity contribution in [3.63, 3.8) is 0 Å². The van der Waals surface area contributed by atoms with Gasteiger partial charge in [-0.2, -0.15) is 0 Å². The van der Waals surface area contributed by atoms with E-state index in [4.69, 9.17) is 0 Å². The van der Waals surface area contributed by atoms with Crippen molar-refractivity contribution < 1.29 is 0 Å². The Balaban J connectivity index is 2.23. The molecular formula is C24H34S2. The Morgan fingerprint density at radius 1 is 0.538 bits per heavy atom. The standard InChI is InChI=1S/C24H34S2/c1-5-9-19-13-15-21(11-7-3)23(17-19)25-26-24-18-20(10-6-2)14-16-22(24)12-8-4/h13-18H,5-12H2,1-4H3. The van der Waals surface area contributed by atoms with E-state index in [2.05, 4.69) is 64.1 Å². The summed E-state index contributed by atoms with van der Waals surface area (Å²) in [5.74, 6) is 0. The van der Waals surface area contributed by atoms with Crippen molar-refractivity contribution >= 4 is 21.6 Å². The monoisotopic (exact) mass is 386 g/mol. The van der Waals surface area contributed by atoms with Crippen molar-refractivity contribution in [2.24, 2.45) is 0 Å². The van der Waals surface area contributed by atoms with Gasteiger partial charge < -0.3 is 0 Å². The van der Waals surface area contributed by atoms with Crippen molar-refractivity contribution in [1.82, 2.24) is 0 Å². The molecule has 0 bridgehead atoms. The van der Waals surface area contributed by atoms with Crippen LogP contribution in [-0.2, 0) is 25.7 Å². The smallest absolute Gasteiger partial charge is 0.0221 e. The Kier molecular flexibility index (Phi) is 9.71. The van der Waals surface area contributed by atoms with Gasteiger partial charge in [0.25, 0.3) is 0 Å². The molecule has 0 fully saturated rings. The lowest BCUT2D eigenvalue weighted by Gasteiger charge is -2.13. The van der Waals surface area contributed by atoms with Gasteiger partial charge in [-0.1, -0.05) is 99.2 Å². The molecule has 2 rings (SSSR count). The molecule has 0 radical (unpaired) electrons. The fraction of sp³-hybridized carbons (Fsp3) is 0.500. The minimum Gasteiger partial charge on any atom is -0.0651 e. The fourth-order valence-corrected chi connectivity index (χ4v) is 5.89. The molecule has 0 heterocycles. The van der Waals surface area contributed by atoms with Crippen molar-refractivity contribution in [1.29, 1.82) is 0 Å². The van der Waals surface area contributed by atoms with Gasteiger partial charge in [-0.05, 0) is 60.1 Å². The van der Waals surface area contributed by atoms with E-state index < -0.39 is 0 Å². The van der Waals surface area contributed by atoms with Crippen molar-refractivity contribution in [2.45, 2.75) is 88.9 Å². The van der Waals surface area contributed by atoms with E-state index in [0.29, 0.717) is 0 Å². The summed E-state index contributed by atoms with van der Waals surface area (Å²) >= 11 is 0. The van der Waals surface area contributed by atoms with E-state index in [1.807, 2.05) is 21.6 Å². The summed E-state index contributed by atoms with van der Waals surface area (Å²) in [7, 11) is 3.93. The van der Waals surface area contributed by atoms with Gasteiger partial charge in [-0.25, -0.2) is 0 Å². The van der Waals surface area contributed by atoms with Crippen LogP contribution < -0.4 is 0 Å². The van der Waals surface area contributed by atoms with Crippen LogP contribution in [0, 0.1) is 0 Å². The van der Waals surface area contributed by atoms with E-state index in [9.17, 15) is 0 Å². The molecule has 0 atom stereocenters. The lowest BCUT2D eigenvalue weighted by Crippen LogP contribution is -1.92. The van der Waals surface area contributed by atoms with Crippen LogP contribution in [0.5, 0.6) is 0 Å². The van der Waals surface area contributed by atoms with Gasteiger partial charge in [0.2, 0.25) is 0 Å². The van der Waals surface area contributed by atoms with Crippen LogP contribution in [0.2, 0.25) is 0 Å².